The van der Waals surface area contributed by atoms with Crippen molar-refractivity contribution in [3.63, 3.8) is 0 Å². The molecule has 1 rings (SSSR count). The Hall–Kier alpha value is 0.150. The van der Waals surface area contributed by atoms with E-state index in [0.29, 0.717) is 14.9 Å². The summed E-state index contributed by atoms with van der Waals surface area (Å²) in [4.78, 5) is 0.699. The largest absolute Gasteiger partial charge is 0.143 e. The summed E-state index contributed by atoms with van der Waals surface area (Å²) in [7, 11) is 0. The van der Waals surface area contributed by atoms with Crippen LogP contribution in [0.4, 0.5) is 0 Å². The molecule has 0 aliphatic rings. The van der Waals surface area contributed by atoms with Gasteiger partial charge in [0.05, 0.1) is 10.0 Å². The first-order valence-electron chi connectivity index (χ1n) is 2.26. The maximum atomic E-state index is 5.61. The maximum Gasteiger partial charge on any atom is 0.0603 e. The van der Waals surface area contributed by atoms with Crippen LogP contribution in [-0.2, 0) is 0 Å². The van der Waals surface area contributed by atoms with Gasteiger partial charge in [0, 0.05) is 4.90 Å². The Balaban J connectivity index is 3.17. The zero-order valence-corrected chi connectivity index (χ0v) is 6.76. The molecule has 0 aliphatic carbocycles. The second-order valence-electron chi connectivity index (χ2n) is 1.51. The van der Waals surface area contributed by atoms with E-state index < -0.39 is 0 Å². The SMILES string of the molecule is Sc1[c]cc(Cl)c(Cl)c1. The highest BCUT2D eigenvalue weighted by atomic mass is 35.5. The molecular weight excluding hydrogens is 175 g/mol. The molecule has 0 saturated carbocycles. The van der Waals surface area contributed by atoms with Crippen LogP contribution in [0.2, 0.25) is 10.0 Å². The number of thiol groups is 1. The van der Waals surface area contributed by atoms with E-state index in [2.05, 4.69) is 18.7 Å². The fraction of sp³-hybridized carbons (Fsp3) is 0. The van der Waals surface area contributed by atoms with Crippen LogP contribution in [0.15, 0.2) is 17.0 Å². The fourth-order valence-corrected chi connectivity index (χ4v) is 0.979. The van der Waals surface area contributed by atoms with Crippen molar-refractivity contribution >= 4 is 35.8 Å². The quantitative estimate of drug-likeness (QED) is 0.580. The summed E-state index contributed by atoms with van der Waals surface area (Å²) >= 11 is 15.2. The minimum atomic E-state index is 0.509. The molecule has 9 heavy (non-hydrogen) atoms. The third-order valence-corrected chi connectivity index (χ3v) is 1.82. The van der Waals surface area contributed by atoms with Crippen molar-refractivity contribution in [1.29, 1.82) is 0 Å². The van der Waals surface area contributed by atoms with Crippen molar-refractivity contribution < 1.29 is 0 Å². The Kier molecular flexibility index (Phi) is 2.28. The molecule has 0 unspecified atom stereocenters. The molecule has 1 aromatic rings. The molecule has 0 bridgehead atoms. The topological polar surface area (TPSA) is 0 Å². The molecule has 0 heterocycles. The molecule has 1 aromatic carbocycles. The number of halogens is 2. The van der Waals surface area contributed by atoms with E-state index >= 15 is 0 Å². The summed E-state index contributed by atoms with van der Waals surface area (Å²) in [6.07, 6.45) is 0. The van der Waals surface area contributed by atoms with Gasteiger partial charge in [0.2, 0.25) is 0 Å². The second-order valence-corrected chi connectivity index (χ2v) is 2.81. The highest BCUT2D eigenvalue weighted by Crippen LogP contribution is 2.23. The van der Waals surface area contributed by atoms with E-state index in [4.69, 9.17) is 23.2 Å². The Labute approximate surface area is 69.2 Å². The van der Waals surface area contributed by atoms with E-state index in [1.165, 1.54) is 0 Å². The van der Waals surface area contributed by atoms with Crippen LogP contribution in [-0.4, -0.2) is 0 Å². The predicted molar refractivity (Wildman–Crippen MR) is 42.6 cm³/mol. The zero-order valence-electron chi connectivity index (χ0n) is 4.36. The van der Waals surface area contributed by atoms with Crippen molar-refractivity contribution in [3.8, 4) is 0 Å². The number of hydrogen-bond donors (Lipinski definition) is 1. The second kappa shape index (κ2) is 2.82. The van der Waals surface area contributed by atoms with E-state index in [0.717, 1.165) is 0 Å². The van der Waals surface area contributed by atoms with Crippen LogP contribution in [0.1, 0.15) is 0 Å². The van der Waals surface area contributed by atoms with Gasteiger partial charge in [-0.3, -0.25) is 0 Å². The molecule has 0 fully saturated rings. The molecule has 0 aliphatic heterocycles. The minimum absolute atomic E-state index is 0.509. The Morgan fingerprint density at radius 1 is 1.33 bits per heavy atom. The van der Waals surface area contributed by atoms with Gasteiger partial charge in [0.1, 0.15) is 0 Å². The van der Waals surface area contributed by atoms with Gasteiger partial charge < -0.3 is 0 Å². The maximum absolute atomic E-state index is 5.61. The average molecular weight is 178 g/mol. The average Bonchev–Trinajstić information content (AvgIpc) is 1.80. The van der Waals surface area contributed by atoms with Crippen LogP contribution < -0.4 is 0 Å². The Morgan fingerprint density at radius 3 is 2.44 bits per heavy atom. The highest BCUT2D eigenvalue weighted by molar-refractivity contribution is 7.80. The number of rotatable bonds is 0. The van der Waals surface area contributed by atoms with Crippen LogP contribution >= 0.6 is 35.8 Å². The third kappa shape index (κ3) is 1.78. The molecule has 0 amide bonds. The van der Waals surface area contributed by atoms with E-state index in [1.54, 1.807) is 12.1 Å². The van der Waals surface area contributed by atoms with Crippen molar-refractivity contribution in [1.82, 2.24) is 0 Å². The molecule has 0 saturated heterocycles. The van der Waals surface area contributed by atoms with E-state index in [-0.39, 0.29) is 0 Å². The summed E-state index contributed by atoms with van der Waals surface area (Å²) in [5.41, 5.74) is 0. The molecule has 0 nitrogen and oxygen atoms in total. The molecule has 0 aromatic heterocycles. The minimum Gasteiger partial charge on any atom is -0.143 e. The summed E-state index contributed by atoms with van der Waals surface area (Å²) in [5, 5.41) is 1.02. The van der Waals surface area contributed by atoms with Crippen molar-refractivity contribution in [2.45, 2.75) is 4.90 Å². The summed E-state index contributed by atoms with van der Waals surface area (Å²) in [5.74, 6) is 0. The number of hydrogen-bond acceptors (Lipinski definition) is 1. The van der Waals surface area contributed by atoms with Crippen LogP contribution in [0.3, 0.4) is 0 Å². The normalized spacial score (nSPS) is 9.67. The zero-order chi connectivity index (χ0) is 6.85. The van der Waals surface area contributed by atoms with Gasteiger partial charge in [-0.15, -0.1) is 12.6 Å². The molecule has 47 valence electrons. The van der Waals surface area contributed by atoms with Crippen LogP contribution in [0, 0.1) is 6.07 Å². The van der Waals surface area contributed by atoms with Gasteiger partial charge in [-0.2, -0.15) is 0 Å². The third-order valence-electron chi connectivity index (χ3n) is 0.838. The van der Waals surface area contributed by atoms with E-state index in [9.17, 15) is 0 Å². The molecule has 1 radical (unpaired) electrons. The first-order chi connectivity index (χ1) is 4.20. The molecule has 3 heteroatoms. The lowest BCUT2D eigenvalue weighted by Gasteiger charge is -1.93. The van der Waals surface area contributed by atoms with Gasteiger partial charge in [-0.05, 0) is 18.2 Å². The number of benzene rings is 1. The van der Waals surface area contributed by atoms with Gasteiger partial charge in [-0.25, -0.2) is 0 Å². The van der Waals surface area contributed by atoms with Gasteiger partial charge in [0.15, 0.2) is 0 Å². The van der Waals surface area contributed by atoms with Crippen molar-refractivity contribution in [2.24, 2.45) is 0 Å². The van der Waals surface area contributed by atoms with Gasteiger partial charge >= 0.3 is 0 Å². The van der Waals surface area contributed by atoms with Crippen molar-refractivity contribution in [3.05, 3.63) is 28.2 Å². The first kappa shape index (κ1) is 7.26. The predicted octanol–water partition coefficient (Wildman–Crippen LogP) is 3.08. The molecular formula is C6H3Cl2S. The van der Waals surface area contributed by atoms with Crippen LogP contribution in [0.5, 0.6) is 0 Å². The van der Waals surface area contributed by atoms with Gasteiger partial charge in [0.25, 0.3) is 0 Å². The lowest BCUT2D eigenvalue weighted by Crippen LogP contribution is -1.68. The van der Waals surface area contributed by atoms with Crippen molar-refractivity contribution in [2.75, 3.05) is 0 Å². The molecule has 0 atom stereocenters. The molecule has 0 spiro atoms. The summed E-state index contributed by atoms with van der Waals surface area (Å²) in [6.45, 7) is 0. The molecule has 0 N–H and O–H groups in total. The van der Waals surface area contributed by atoms with Crippen LogP contribution in [0.25, 0.3) is 0 Å². The lowest BCUT2D eigenvalue weighted by atomic mass is 10.4. The summed E-state index contributed by atoms with van der Waals surface area (Å²) in [6, 6.07) is 6.02. The monoisotopic (exact) mass is 177 g/mol. The fourth-order valence-electron chi connectivity index (χ4n) is 0.437. The summed E-state index contributed by atoms with van der Waals surface area (Å²) < 4.78 is 0. The lowest BCUT2D eigenvalue weighted by molar-refractivity contribution is 1.46. The van der Waals surface area contributed by atoms with E-state index in [1.807, 2.05) is 0 Å². The Morgan fingerprint density at radius 2 is 2.00 bits per heavy atom. The highest BCUT2D eigenvalue weighted by Gasteiger charge is 1.94. The smallest absolute Gasteiger partial charge is 0.0603 e. The standard InChI is InChI=1S/C6H3Cl2S/c7-5-2-1-4(9)3-6(5)8/h2-3,9H. The first-order valence-corrected chi connectivity index (χ1v) is 3.46. The van der Waals surface area contributed by atoms with Gasteiger partial charge in [-0.1, -0.05) is 23.2 Å². The Bertz CT molecular complexity index is 222.